The number of carbonyl (C=O) groups is 1. The molecule has 0 unspecified atom stereocenters. The van der Waals surface area contributed by atoms with Gasteiger partial charge in [-0.3, -0.25) is 15.6 Å². The minimum Gasteiger partial charge on any atom is -0.506 e. The first-order valence-electron chi connectivity index (χ1n) is 9.00. The molecule has 1 saturated heterocycles. The molecule has 1 fully saturated rings. The van der Waals surface area contributed by atoms with Crippen molar-refractivity contribution in [3.63, 3.8) is 0 Å². The van der Waals surface area contributed by atoms with Crippen molar-refractivity contribution in [2.24, 2.45) is 5.10 Å². The smallest absolute Gasteiger partial charge is 0.301 e. The quantitative estimate of drug-likeness (QED) is 0.430. The van der Waals surface area contributed by atoms with Crippen LogP contribution < -0.4 is 20.6 Å². The van der Waals surface area contributed by atoms with Crippen molar-refractivity contribution in [2.75, 3.05) is 17.5 Å². The molecule has 1 aliphatic rings. The summed E-state index contributed by atoms with van der Waals surface area (Å²) in [7, 11) is 1.61. The van der Waals surface area contributed by atoms with Gasteiger partial charge in [0, 0.05) is 10.9 Å². The number of carbonyl (C=O) groups excluding carboxylic acids is 1. The van der Waals surface area contributed by atoms with Crippen LogP contribution in [-0.4, -0.2) is 28.8 Å². The van der Waals surface area contributed by atoms with E-state index >= 15 is 0 Å². The Labute approximate surface area is 177 Å². The summed E-state index contributed by atoms with van der Waals surface area (Å²) in [4.78, 5) is 17.4. The van der Waals surface area contributed by atoms with Crippen LogP contribution in [0.2, 0.25) is 0 Å². The highest BCUT2D eigenvalue weighted by Gasteiger charge is 2.34. The van der Waals surface area contributed by atoms with Crippen LogP contribution >= 0.6 is 11.3 Å². The second-order valence-corrected chi connectivity index (χ2v) is 7.40. The molecule has 3 aromatic rings. The average Bonchev–Trinajstić information content (AvgIpc) is 3.33. The normalized spacial score (nSPS) is 14.9. The van der Waals surface area contributed by atoms with Crippen molar-refractivity contribution in [1.82, 2.24) is 10.4 Å². The highest BCUT2D eigenvalue weighted by Crippen LogP contribution is 2.30. The van der Waals surface area contributed by atoms with E-state index < -0.39 is 5.91 Å². The average molecular weight is 421 g/mol. The molecule has 30 heavy (non-hydrogen) atoms. The SMILES string of the molecule is C=C1NN(c2nc(-c3ccc(OC)cc3)cs2)C(=O)/C1=N\Nc1ccc(C)cc1O. The highest BCUT2D eigenvalue weighted by atomic mass is 32.1. The Hall–Kier alpha value is -3.85. The third kappa shape index (κ3) is 3.70. The fourth-order valence-corrected chi connectivity index (χ4v) is 3.63. The Morgan fingerprint density at radius 2 is 2.03 bits per heavy atom. The number of hydrazone groups is 1. The summed E-state index contributed by atoms with van der Waals surface area (Å²) >= 11 is 1.32. The Bertz CT molecular complexity index is 1150. The van der Waals surface area contributed by atoms with Crippen LogP contribution in [0.25, 0.3) is 11.3 Å². The van der Waals surface area contributed by atoms with Crippen LogP contribution in [0.15, 0.2) is 65.2 Å². The maximum atomic E-state index is 12.8. The van der Waals surface area contributed by atoms with Crippen LogP contribution in [0.4, 0.5) is 10.8 Å². The molecule has 9 heteroatoms. The number of phenolic OH excluding ortho intramolecular Hbond substituents is 1. The van der Waals surface area contributed by atoms with Gasteiger partial charge in [0.25, 0.3) is 0 Å². The van der Waals surface area contributed by atoms with Gasteiger partial charge in [-0.2, -0.15) is 10.1 Å². The number of ether oxygens (including phenoxy) is 1. The molecule has 152 valence electrons. The number of amides is 1. The molecule has 4 rings (SSSR count). The number of aromatic nitrogens is 1. The van der Waals surface area contributed by atoms with E-state index in [0.29, 0.717) is 16.5 Å². The number of nitrogens with zero attached hydrogens (tertiary/aromatic N) is 3. The first-order chi connectivity index (χ1) is 14.5. The molecule has 0 radical (unpaired) electrons. The summed E-state index contributed by atoms with van der Waals surface area (Å²) in [5.74, 6) is 0.411. The zero-order valence-electron chi connectivity index (χ0n) is 16.3. The zero-order chi connectivity index (χ0) is 21.3. The van der Waals surface area contributed by atoms with Crippen LogP contribution in [0.1, 0.15) is 5.56 Å². The van der Waals surface area contributed by atoms with E-state index in [9.17, 15) is 9.90 Å². The third-order valence-corrected chi connectivity index (χ3v) is 5.27. The molecule has 2 heterocycles. The zero-order valence-corrected chi connectivity index (χ0v) is 17.2. The van der Waals surface area contributed by atoms with Crippen molar-refractivity contribution < 1.29 is 14.6 Å². The predicted molar refractivity (Wildman–Crippen MR) is 118 cm³/mol. The Balaban J connectivity index is 1.53. The van der Waals surface area contributed by atoms with E-state index in [-0.39, 0.29) is 11.5 Å². The molecule has 8 nitrogen and oxygen atoms in total. The van der Waals surface area contributed by atoms with Gasteiger partial charge in [0.15, 0.2) is 5.71 Å². The topological polar surface area (TPSA) is 99.1 Å². The van der Waals surface area contributed by atoms with Gasteiger partial charge in [-0.25, -0.2) is 4.98 Å². The summed E-state index contributed by atoms with van der Waals surface area (Å²) in [5, 5.41) is 17.7. The summed E-state index contributed by atoms with van der Waals surface area (Å²) < 4.78 is 5.17. The molecule has 0 atom stereocenters. The molecule has 0 bridgehead atoms. The highest BCUT2D eigenvalue weighted by molar-refractivity contribution is 7.14. The number of aryl methyl sites for hydroxylation is 1. The number of nitrogens with one attached hydrogen (secondary N) is 2. The van der Waals surface area contributed by atoms with Crippen molar-refractivity contribution in [3.8, 4) is 22.8 Å². The Morgan fingerprint density at radius 1 is 1.27 bits per heavy atom. The minimum absolute atomic E-state index is 0.0456. The lowest BCUT2D eigenvalue weighted by Gasteiger charge is -2.10. The number of thiazole rings is 1. The third-order valence-electron chi connectivity index (χ3n) is 4.45. The summed E-state index contributed by atoms with van der Waals surface area (Å²) in [5.41, 5.74) is 9.01. The number of anilines is 2. The van der Waals surface area contributed by atoms with E-state index in [1.165, 1.54) is 16.3 Å². The largest absolute Gasteiger partial charge is 0.506 e. The summed E-state index contributed by atoms with van der Waals surface area (Å²) in [6.45, 7) is 5.72. The van der Waals surface area contributed by atoms with Gasteiger partial charge < -0.3 is 9.84 Å². The fraction of sp³-hybridized carbons (Fsp3) is 0.0952. The first-order valence-corrected chi connectivity index (χ1v) is 9.88. The van der Waals surface area contributed by atoms with Gasteiger partial charge in [0.1, 0.15) is 11.5 Å². The number of phenols is 1. The van der Waals surface area contributed by atoms with Gasteiger partial charge in [-0.1, -0.05) is 12.6 Å². The maximum Gasteiger partial charge on any atom is 0.301 e. The molecule has 0 aliphatic carbocycles. The predicted octanol–water partition coefficient (Wildman–Crippen LogP) is 3.67. The molecule has 1 aromatic heterocycles. The summed E-state index contributed by atoms with van der Waals surface area (Å²) in [6.07, 6.45) is 0. The van der Waals surface area contributed by atoms with Gasteiger partial charge in [-0.05, 0) is 48.9 Å². The van der Waals surface area contributed by atoms with Crippen molar-refractivity contribution in [1.29, 1.82) is 0 Å². The van der Waals surface area contributed by atoms with Crippen molar-refractivity contribution in [2.45, 2.75) is 6.92 Å². The van der Waals surface area contributed by atoms with Crippen LogP contribution in [-0.2, 0) is 4.79 Å². The molecule has 3 N–H and O–H groups in total. The number of rotatable bonds is 5. The number of methoxy groups -OCH3 is 1. The molecule has 2 aromatic carbocycles. The summed E-state index contributed by atoms with van der Waals surface area (Å²) in [6, 6.07) is 12.6. The molecule has 0 spiro atoms. The lowest BCUT2D eigenvalue weighted by molar-refractivity contribution is -0.112. The van der Waals surface area contributed by atoms with Gasteiger partial charge >= 0.3 is 5.91 Å². The first kappa shape index (κ1) is 19.5. The standard InChI is InChI=1S/C21H19N5O3S/c1-12-4-9-16(18(27)10-12)23-24-19-13(2)25-26(20(19)28)21-22-17(11-30-21)14-5-7-15(29-3)8-6-14/h4-11,23,25,27H,2H2,1,3H3/b24-19-. The number of aromatic hydroxyl groups is 1. The number of hydrogen-bond donors (Lipinski definition) is 3. The van der Waals surface area contributed by atoms with E-state index in [4.69, 9.17) is 4.74 Å². The monoisotopic (exact) mass is 421 g/mol. The maximum absolute atomic E-state index is 12.8. The van der Waals surface area contributed by atoms with Crippen LogP contribution in [0, 0.1) is 6.92 Å². The Kier molecular flexibility index (Phi) is 5.11. The second kappa shape index (κ2) is 7.88. The van der Waals surface area contributed by atoms with Crippen LogP contribution in [0.3, 0.4) is 0 Å². The van der Waals surface area contributed by atoms with E-state index in [1.807, 2.05) is 42.6 Å². The van der Waals surface area contributed by atoms with Crippen molar-refractivity contribution in [3.05, 3.63) is 65.7 Å². The van der Waals surface area contributed by atoms with E-state index in [1.54, 1.807) is 19.2 Å². The lowest BCUT2D eigenvalue weighted by atomic mass is 10.2. The molecule has 1 aliphatic heterocycles. The number of hydrogen-bond acceptors (Lipinski definition) is 8. The molecule has 1 amide bonds. The molecular weight excluding hydrogens is 402 g/mol. The number of benzene rings is 2. The Morgan fingerprint density at radius 3 is 2.73 bits per heavy atom. The second-order valence-electron chi connectivity index (χ2n) is 6.57. The van der Waals surface area contributed by atoms with Crippen molar-refractivity contribution >= 4 is 33.8 Å². The van der Waals surface area contributed by atoms with E-state index in [2.05, 4.69) is 27.5 Å². The lowest BCUT2D eigenvalue weighted by Crippen LogP contribution is -2.34. The van der Waals surface area contributed by atoms with Gasteiger partial charge in [0.05, 0.1) is 24.2 Å². The fourth-order valence-electron chi connectivity index (χ4n) is 2.84. The minimum atomic E-state index is -0.394. The molecular formula is C21H19N5O3S. The number of hydrazine groups is 1. The van der Waals surface area contributed by atoms with Crippen LogP contribution in [0.5, 0.6) is 11.5 Å². The van der Waals surface area contributed by atoms with Gasteiger partial charge in [0.2, 0.25) is 5.13 Å². The molecule has 0 saturated carbocycles. The van der Waals surface area contributed by atoms with Gasteiger partial charge in [-0.15, -0.1) is 11.3 Å². The van der Waals surface area contributed by atoms with E-state index in [0.717, 1.165) is 22.6 Å².